The first-order chi connectivity index (χ1) is 23.4. The zero-order chi connectivity index (χ0) is 38.0. The molecule has 2 aromatic rings. The molecule has 7 amide bonds. The minimum atomic E-state index is -1.42. The third kappa shape index (κ3) is 15.7. The van der Waals surface area contributed by atoms with E-state index in [1.807, 2.05) is 0 Å². The Morgan fingerprint density at radius 3 is 1.72 bits per heavy atom. The van der Waals surface area contributed by atoms with Gasteiger partial charge < -0.3 is 53.6 Å². The Morgan fingerprint density at radius 2 is 1.22 bits per heavy atom. The molecule has 0 aromatic heterocycles. The molecule has 18 nitrogen and oxygen atoms in total. The first-order valence-electron chi connectivity index (χ1n) is 15.1. The van der Waals surface area contributed by atoms with Gasteiger partial charge in [0.25, 0.3) is 5.97 Å². The summed E-state index contributed by atoms with van der Waals surface area (Å²) in [5, 5.41) is 26.9. The molecule has 0 aliphatic rings. The fourth-order valence-electron chi connectivity index (χ4n) is 4.40. The number of likely N-dealkylation sites (N-methyl/N-ethyl adjacent to an activating group) is 2. The van der Waals surface area contributed by atoms with Gasteiger partial charge in [-0.3, -0.25) is 38.4 Å². The van der Waals surface area contributed by atoms with Crippen molar-refractivity contribution in [3.63, 3.8) is 0 Å². The molecule has 0 aliphatic heterocycles. The van der Waals surface area contributed by atoms with Gasteiger partial charge in [-0.15, -0.1) is 0 Å². The SMILES string of the molecule is CC(=O)O.CN[C@@H](Cc1ccc(O)cc1)C(=O)N[C@H](CC(N)=O)C(=O)NCC(=O)N(C)[C@@H](Cc1ccccc1)C(=O)N[C@H](CC(N)=O)C(N)=O. The highest BCUT2D eigenvalue weighted by Gasteiger charge is 2.32. The van der Waals surface area contributed by atoms with Crippen LogP contribution in [-0.4, -0.2) is 107 Å². The largest absolute Gasteiger partial charge is 0.508 e. The smallest absolute Gasteiger partial charge is 0.300 e. The van der Waals surface area contributed by atoms with Gasteiger partial charge in [0.2, 0.25) is 41.4 Å². The molecule has 2 aromatic carbocycles. The normalized spacial score (nSPS) is 12.7. The van der Waals surface area contributed by atoms with E-state index < -0.39 is 90.9 Å². The number of nitrogens with two attached hydrogens (primary N) is 3. The van der Waals surface area contributed by atoms with Crippen LogP contribution >= 0.6 is 0 Å². The van der Waals surface area contributed by atoms with Crippen molar-refractivity contribution in [2.24, 2.45) is 17.2 Å². The molecule has 272 valence electrons. The predicted octanol–water partition coefficient (Wildman–Crippen LogP) is -2.99. The number of carbonyl (C=O) groups excluding carboxylic acids is 7. The summed E-state index contributed by atoms with van der Waals surface area (Å²) in [4.78, 5) is 97.4. The van der Waals surface area contributed by atoms with E-state index >= 15 is 0 Å². The van der Waals surface area contributed by atoms with Crippen LogP contribution in [-0.2, 0) is 51.2 Å². The number of hydrogen-bond donors (Lipinski definition) is 9. The van der Waals surface area contributed by atoms with Crippen LogP contribution in [0, 0.1) is 0 Å². The number of rotatable bonds is 18. The lowest BCUT2D eigenvalue weighted by Crippen LogP contribution is -2.57. The molecule has 0 aliphatic carbocycles. The van der Waals surface area contributed by atoms with Gasteiger partial charge in [0.15, 0.2) is 0 Å². The molecule has 4 atom stereocenters. The third-order valence-electron chi connectivity index (χ3n) is 6.99. The number of carbonyl (C=O) groups is 8. The van der Waals surface area contributed by atoms with Gasteiger partial charge in [-0.05, 0) is 36.7 Å². The van der Waals surface area contributed by atoms with Crippen molar-refractivity contribution in [2.45, 2.75) is 56.8 Å². The molecule has 0 radical (unpaired) electrons. The second-order valence-corrected chi connectivity index (χ2v) is 11.0. The maximum Gasteiger partial charge on any atom is 0.300 e. The summed E-state index contributed by atoms with van der Waals surface area (Å²) in [5.74, 6) is -6.60. The number of aliphatic carboxylic acids is 1. The summed E-state index contributed by atoms with van der Waals surface area (Å²) in [7, 11) is 2.84. The van der Waals surface area contributed by atoms with E-state index in [4.69, 9.17) is 27.1 Å². The quantitative estimate of drug-likeness (QED) is 0.0755. The molecule has 0 unspecified atom stereocenters. The topological polar surface area (TPSA) is 306 Å². The summed E-state index contributed by atoms with van der Waals surface area (Å²) in [6.45, 7) is 0.447. The van der Waals surface area contributed by atoms with Crippen LogP contribution in [0.5, 0.6) is 5.75 Å². The number of nitrogens with zero attached hydrogens (tertiary/aromatic N) is 1. The van der Waals surface area contributed by atoms with Gasteiger partial charge in [0.1, 0.15) is 23.9 Å². The van der Waals surface area contributed by atoms with Crippen LogP contribution < -0.4 is 38.5 Å². The van der Waals surface area contributed by atoms with Crippen molar-refractivity contribution in [1.29, 1.82) is 0 Å². The Morgan fingerprint density at radius 1 is 0.720 bits per heavy atom. The molecule has 0 heterocycles. The highest BCUT2D eigenvalue weighted by atomic mass is 16.4. The van der Waals surface area contributed by atoms with Crippen LogP contribution in [0.15, 0.2) is 54.6 Å². The molecule has 0 fully saturated rings. The van der Waals surface area contributed by atoms with Gasteiger partial charge in [-0.1, -0.05) is 42.5 Å². The number of phenolic OH excluding ortho intramolecular Hbond substituents is 1. The van der Waals surface area contributed by atoms with Crippen molar-refractivity contribution in [3.05, 3.63) is 65.7 Å². The molecule has 0 spiro atoms. The van der Waals surface area contributed by atoms with E-state index in [2.05, 4.69) is 21.3 Å². The lowest BCUT2D eigenvalue weighted by Gasteiger charge is -2.29. The van der Waals surface area contributed by atoms with Crippen molar-refractivity contribution in [2.75, 3.05) is 20.6 Å². The van der Waals surface area contributed by atoms with Crippen molar-refractivity contribution < 1.29 is 48.6 Å². The maximum absolute atomic E-state index is 13.2. The molecule has 18 heteroatoms. The van der Waals surface area contributed by atoms with Gasteiger partial charge in [0, 0.05) is 20.4 Å². The number of phenols is 1. The zero-order valence-electron chi connectivity index (χ0n) is 27.9. The molecule has 12 N–H and O–H groups in total. The molecule has 0 saturated carbocycles. The number of amides is 7. The van der Waals surface area contributed by atoms with Crippen LogP contribution in [0.4, 0.5) is 0 Å². The Bertz CT molecular complexity index is 1500. The summed E-state index contributed by atoms with van der Waals surface area (Å²) in [6.07, 6.45) is -0.927. The van der Waals surface area contributed by atoms with Crippen LogP contribution in [0.3, 0.4) is 0 Å². The van der Waals surface area contributed by atoms with E-state index in [0.717, 1.165) is 11.8 Å². The summed E-state index contributed by atoms with van der Waals surface area (Å²) < 4.78 is 0. The van der Waals surface area contributed by atoms with Crippen molar-refractivity contribution in [1.82, 2.24) is 26.2 Å². The van der Waals surface area contributed by atoms with Crippen molar-refractivity contribution in [3.8, 4) is 5.75 Å². The molecule has 2 rings (SSSR count). The van der Waals surface area contributed by atoms with E-state index in [9.17, 15) is 38.7 Å². The second kappa shape index (κ2) is 21.0. The second-order valence-electron chi connectivity index (χ2n) is 11.0. The van der Waals surface area contributed by atoms with Crippen molar-refractivity contribution >= 4 is 47.3 Å². The Balaban J connectivity index is 0.00000295. The number of carboxylic acids is 1. The Hall–Kier alpha value is -6.04. The van der Waals surface area contributed by atoms with Gasteiger partial charge >= 0.3 is 0 Å². The van der Waals surface area contributed by atoms with Crippen LogP contribution in [0.25, 0.3) is 0 Å². The Kier molecular flexibility index (Phi) is 17.7. The highest BCUT2D eigenvalue weighted by molar-refractivity contribution is 5.96. The first-order valence-corrected chi connectivity index (χ1v) is 15.1. The average molecular weight is 701 g/mol. The maximum atomic E-state index is 13.2. The molecule has 50 heavy (non-hydrogen) atoms. The summed E-state index contributed by atoms with van der Waals surface area (Å²) in [5.41, 5.74) is 17.1. The summed E-state index contributed by atoms with van der Waals surface area (Å²) in [6, 6.07) is 9.93. The predicted molar refractivity (Wildman–Crippen MR) is 178 cm³/mol. The third-order valence-corrected chi connectivity index (χ3v) is 6.99. The number of primary amides is 3. The van der Waals surface area contributed by atoms with E-state index in [-0.39, 0.29) is 18.6 Å². The number of carboxylic acid groups (broad SMARTS) is 1. The monoisotopic (exact) mass is 700 g/mol. The highest BCUT2D eigenvalue weighted by Crippen LogP contribution is 2.12. The van der Waals surface area contributed by atoms with Gasteiger partial charge in [0.05, 0.1) is 25.4 Å². The fourth-order valence-corrected chi connectivity index (χ4v) is 4.40. The van der Waals surface area contributed by atoms with Gasteiger partial charge in [-0.25, -0.2) is 0 Å². The lowest BCUT2D eigenvalue weighted by molar-refractivity contribution is -0.140. The number of nitrogens with one attached hydrogen (secondary N) is 4. The standard InChI is InChI=1S/C30H40N8O8.C2H4O2/c1-34-21(12-18-8-10-19(39)11-9-18)29(45)37-22(15-25(32)41)28(44)35-16-26(42)38(2)23(13-17-6-4-3-5-7-17)30(46)36-20(27(33)43)14-24(31)40;1-2(3)4/h3-11,20-23,34,39H,12-16H2,1-2H3,(H2,31,40)(H2,32,41)(H2,33,43)(H,35,44)(H,36,46)(H,37,45);1H3,(H,3,4)/t20-,21+,22-,23+;/m1./s1. The van der Waals surface area contributed by atoms with Crippen LogP contribution in [0.2, 0.25) is 0 Å². The lowest BCUT2D eigenvalue weighted by atomic mass is 10.0. The molecular formula is C32H44N8O10. The van der Waals surface area contributed by atoms with Crippen LogP contribution in [0.1, 0.15) is 30.9 Å². The minimum Gasteiger partial charge on any atom is -0.508 e. The molecule has 0 bridgehead atoms. The average Bonchev–Trinajstić information content (AvgIpc) is 3.04. The van der Waals surface area contributed by atoms with E-state index in [1.165, 1.54) is 26.2 Å². The van der Waals surface area contributed by atoms with E-state index in [1.54, 1.807) is 42.5 Å². The number of hydrogen-bond acceptors (Lipinski definition) is 10. The fraction of sp³-hybridized carbons (Fsp3) is 0.375. The first kappa shape index (κ1) is 42.0. The van der Waals surface area contributed by atoms with Gasteiger partial charge in [-0.2, -0.15) is 0 Å². The molecular weight excluding hydrogens is 656 g/mol. The minimum absolute atomic E-state index is 0.00227. The zero-order valence-corrected chi connectivity index (χ0v) is 27.9. The number of aromatic hydroxyl groups is 1. The molecule has 0 saturated heterocycles. The number of benzene rings is 2. The Labute approximate surface area is 288 Å². The van der Waals surface area contributed by atoms with E-state index in [0.29, 0.717) is 11.1 Å². The summed E-state index contributed by atoms with van der Waals surface area (Å²) >= 11 is 0.